The highest BCUT2D eigenvalue weighted by Gasteiger charge is 2.33. The van der Waals surface area contributed by atoms with Gasteiger partial charge >= 0.3 is 0 Å². The number of amides is 2. The number of benzene rings is 2. The molecule has 0 aromatic heterocycles. The topological polar surface area (TPSA) is 40.6 Å². The quantitative estimate of drug-likeness (QED) is 0.627. The minimum atomic E-state index is -0.171. The first-order valence-electron chi connectivity index (χ1n) is 9.15. The second-order valence-electron chi connectivity index (χ2n) is 6.87. The van der Waals surface area contributed by atoms with Crippen LogP contribution in [0.4, 0.5) is 5.69 Å². The molecule has 2 heterocycles. The zero-order valence-electron chi connectivity index (χ0n) is 14.7. The molecule has 4 nitrogen and oxygen atoms in total. The summed E-state index contributed by atoms with van der Waals surface area (Å²) < 4.78 is 0. The summed E-state index contributed by atoms with van der Waals surface area (Å²) in [6.07, 6.45) is 4.49. The normalized spacial score (nSPS) is 19.0. The molecule has 0 bridgehead atoms. The summed E-state index contributed by atoms with van der Waals surface area (Å²) in [6, 6.07) is 17.8. The summed E-state index contributed by atoms with van der Waals surface area (Å²) in [7, 11) is 0. The van der Waals surface area contributed by atoms with Crippen molar-refractivity contribution in [3.8, 4) is 0 Å². The van der Waals surface area contributed by atoms with Gasteiger partial charge in [-0.25, -0.2) is 0 Å². The average Bonchev–Trinajstić information content (AvgIpc) is 3.28. The highest BCUT2D eigenvalue weighted by molar-refractivity contribution is 6.15. The lowest BCUT2D eigenvalue weighted by atomic mass is 10.1. The van der Waals surface area contributed by atoms with Crippen molar-refractivity contribution >= 4 is 23.6 Å². The van der Waals surface area contributed by atoms with Gasteiger partial charge in [0.25, 0.3) is 5.91 Å². The van der Waals surface area contributed by atoms with E-state index in [2.05, 4.69) is 11.0 Å². The maximum atomic E-state index is 12.8. The predicted molar refractivity (Wildman–Crippen MR) is 102 cm³/mol. The molecule has 2 saturated heterocycles. The molecular formula is C22H22N2O2. The second kappa shape index (κ2) is 7.16. The number of hydrogen-bond donors (Lipinski definition) is 0. The van der Waals surface area contributed by atoms with Crippen LogP contribution in [-0.4, -0.2) is 29.8 Å². The molecule has 4 rings (SSSR count). The van der Waals surface area contributed by atoms with E-state index < -0.39 is 0 Å². The van der Waals surface area contributed by atoms with Crippen LogP contribution in [0.15, 0.2) is 60.2 Å². The average molecular weight is 346 g/mol. The van der Waals surface area contributed by atoms with Crippen LogP contribution in [0.2, 0.25) is 0 Å². The molecule has 2 fully saturated rings. The van der Waals surface area contributed by atoms with Crippen molar-refractivity contribution in [2.24, 2.45) is 0 Å². The summed E-state index contributed by atoms with van der Waals surface area (Å²) in [6.45, 7) is 2.43. The van der Waals surface area contributed by atoms with Gasteiger partial charge in [-0.2, -0.15) is 0 Å². The van der Waals surface area contributed by atoms with Crippen molar-refractivity contribution in [2.45, 2.75) is 25.8 Å². The highest BCUT2D eigenvalue weighted by Crippen LogP contribution is 2.29. The number of rotatable bonds is 4. The van der Waals surface area contributed by atoms with Crippen LogP contribution in [0, 0.1) is 0 Å². The molecule has 0 aliphatic carbocycles. The van der Waals surface area contributed by atoms with E-state index in [1.165, 1.54) is 17.7 Å². The Labute approximate surface area is 153 Å². The van der Waals surface area contributed by atoms with Gasteiger partial charge in [0.1, 0.15) is 0 Å². The highest BCUT2D eigenvalue weighted by atomic mass is 16.2. The lowest BCUT2D eigenvalue weighted by Gasteiger charge is -2.20. The first-order chi connectivity index (χ1) is 12.7. The van der Waals surface area contributed by atoms with Gasteiger partial charge in [-0.1, -0.05) is 48.5 Å². The molecule has 0 spiro atoms. The van der Waals surface area contributed by atoms with E-state index in [1.54, 1.807) is 0 Å². The minimum Gasteiger partial charge on any atom is -0.371 e. The maximum absolute atomic E-state index is 12.8. The summed E-state index contributed by atoms with van der Waals surface area (Å²) in [5.41, 5.74) is 3.72. The molecule has 0 atom stereocenters. The van der Waals surface area contributed by atoms with Gasteiger partial charge in [0.2, 0.25) is 5.91 Å². The Hall–Kier alpha value is -2.88. The van der Waals surface area contributed by atoms with E-state index >= 15 is 0 Å². The Morgan fingerprint density at radius 2 is 1.58 bits per heavy atom. The van der Waals surface area contributed by atoms with Crippen molar-refractivity contribution in [3.63, 3.8) is 0 Å². The van der Waals surface area contributed by atoms with Crippen LogP contribution in [0.25, 0.3) is 6.08 Å². The molecule has 2 aromatic rings. The molecule has 2 aliphatic rings. The Bertz CT molecular complexity index is 851. The number of para-hydroxylation sites is 1. The largest absolute Gasteiger partial charge is 0.371 e. The maximum Gasteiger partial charge on any atom is 0.257 e. The third kappa shape index (κ3) is 3.27. The molecule has 2 aliphatic heterocycles. The van der Waals surface area contributed by atoms with Crippen LogP contribution >= 0.6 is 0 Å². The number of imide groups is 1. The smallest absolute Gasteiger partial charge is 0.257 e. The zero-order chi connectivity index (χ0) is 17.9. The number of likely N-dealkylation sites (tertiary alicyclic amines) is 1. The Morgan fingerprint density at radius 1 is 0.885 bits per heavy atom. The number of hydrogen-bond acceptors (Lipinski definition) is 3. The predicted octanol–water partition coefficient (Wildman–Crippen LogP) is 3.63. The van der Waals surface area contributed by atoms with E-state index in [-0.39, 0.29) is 18.2 Å². The number of anilines is 1. The van der Waals surface area contributed by atoms with E-state index in [0.29, 0.717) is 12.1 Å². The molecule has 4 heteroatoms. The van der Waals surface area contributed by atoms with Crippen LogP contribution in [0.1, 0.15) is 30.4 Å². The van der Waals surface area contributed by atoms with Crippen molar-refractivity contribution in [1.29, 1.82) is 0 Å². The van der Waals surface area contributed by atoms with E-state index in [1.807, 2.05) is 54.6 Å². The number of carbonyl (C=O) groups is 2. The summed E-state index contributed by atoms with van der Waals surface area (Å²) in [5, 5.41) is 0. The van der Waals surface area contributed by atoms with Gasteiger partial charge in [-0.3, -0.25) is 14.5 Å². The van der Waals surface area contributed by atoms with Crippen molar-refractivity contribution in [3.05, 3.63) is 71.3 Å². The molecule has 0 N–H and O–H groups in total. The van der Waals surface area contributed by atoms with E-state index in [9.17, 15) is 9.59 Å². The molecule has 2 amide bonds. The van der Waals surface area contributed by atoms with Gasteiger partial charge in [0.05, 0.1) is 13.0 Å². The van der Waals surface area contributed by atoms with Crippen LogP contribution < -0.4 is 4.90 Å². The van der Waals surface area contributed by atoms with Gasteiger partial charge in [0.15, 0.2) is 0 Å². The van der Waals surface area contributed by atoms with Gasteiger partial charge < -0.3 is 4.90 Å². The van der Waals surface area contributed by atoms with Gasteiger partial charge in [-0.05, 0) is 36.1 Å². The minimum absolute atomic E-state index is 0.122. The van der Waals surface area contributed by atoms with Gasteiger partial charge in [0, 0.05) is 24.4 Å². The lowest BCUT2D eigenvalue weighted by molar-refractivity contribution is -0.138. The Kier molecular flexibility index (Phi) is 4.57. The van der Waals surface area contributed by atoms with Crippen molar-refractivity contribution < 1.29 is 9.59 Å². The monoisotopic (exact) mass is 346 g/mol. The standard InChI is InChI=1S/C22H22N2O2/c25-21-15-19(22(26)24(21)16-17-8-2-1-3-9-17)14-18-10-4-5-11-20(18)23-12-6-7-13-23/h1-5,8-11,14H,6-7,12-13,15-16H2/b19-14+. The third-order valence-corrected chi connectivity index (χ3v) is 5.06. The second-order valence-corrected chi connectivity index (χ2v) is 6.87. The lowest BCUT2D eigenvalue weighted by Crippen LogP contribution is -2.28. The molecule has 0 unspecified atom stereocenters. The SMILES string of the molecule is O=C1C/C(=C\c2ccccc2N2CCCC2)C(=O)N1Cc1ccccc1. The van der Waals surface area contributed by atoms with Crippen LogP contribution in [-0.2, 0) is 16.1 Å². The molecule has 132 valence electrons. The first-order valence-corrected chi connectivity index (χ1v) is 9.15. The summed E-state index contributed by atoms with van der Waals surface area (Å²) >= 11 is 0. The van der Waals surface area contributed by atoms with Crippen LogP contribution in [0.5, 0.6) is 0 Å². The van der Waals surface area contributed by atoms with Gasteiger partial charge in [-0.15, -0.1) is 0 Å². The number of nitrogens with zero attached hydrogens (tertiary/aromatic N) is 2. The fraction of sp³-hybridized carbons (Fsp3) is 0.273. The van der Waals surface area contributed by atoms with Crippen LogP contribution in [0.3, 0.4) is 0 Å². The Balaban J connectivity index is 1.59. The first kappa shape index (κ1) is 16.6. The number of carbonyl (C=O) groups excluding carboxylic acids is 2. The van der Waals surface area contributed by atoms with Crippen molar-refractivity contribution in [2.75, 3.05) is 18.0 Å². The fourth-order valence-electron chi connectivity index (χ4n) is 3.70. The summed E-state index contributed by atoms with van der Waals surface area (Å²) in [4.78, 5) is 28.9. The molecular weight excluding hydrogens is 324 g/mol. The molecule has 2 aromatic carbocycles. The summed E-state index contributed by atoms with van der Waals surface area (Å²) in [5.74, 6) is -0.293. The molecule has 0 radical (unpaired) electrons. The van der Waals surface area contributed by atoms with E-state index in [4.69, 9.17) is 0 Å². The zero-order valence-corrected chi connectivity index (χ0v) is 14.7. The fourth-order valence-corrected chi connectivity index (χ4v) is 3.70. The molecule has 0 saturated carbocycles. The van der Waals surface area contributed by atoms with Crippen molar-refractivity contribution in [1.82, 2.24) is 4.90 Å². The third-order valence-electron chi connectivity index (χ3n) is 5.06. The van der Waals surface area contributed by atoms with E-state index in [0.717, 1.165) is 29.9 Å². The Morgan fingerprint density at radius 3 is 2.35 bits per heavy atom. The molecule has 26 heavy (non-hydrogen) atoms.